The molecule has 0 saturated heterocycles. The minimum atomic E-state index is -4.36. The highest BCUT2D eigenvalue weighted by Gasteiger charge is 2.29. The molecule has 2 aromatic carbocycles. The maximum absolute atomic E-state index is 14.2. The Kier molecular flexibility index (Phi) is 5.82. The maximum atomic E-state index is 14.2. The first-order valence-corrected chi connectivity index (χ1v) is 7.90. The van der Waals surface area contributed by atoms with Crippen molar-refractivity contribution in [3.63, 3.8) is 0 Å². The SMILES string of the molecule is CCN(C)/C=N/c1cc(C)c(Cc2ccc(C(F)(F)F)cc2)cc1F. The van der Waals surface area contributed by atoms with Crippen LogP contribution in [0.4, 0.5) is 23.2 Å². The smallest absolute Gasteiger partial charge is 0.366 e. The van der Waals surface area contributed by atoms with Gasteiger partial charge >= 0.3 is 6.18 Å². The largest absolute Gasteiger partial charge is 0.416 e. The van der Waals surface area contributed by atoms with E-state index in [9.17, 15) is 17.6 Å². The summed E-state index contributed by atoms with van der Waals surface area (Å²) in [4.78, 5) is 5.95. The van der Waals surface area contributed by atoms with Crippen LogP contribution in [-0.4, -0.2) is 24.8 Å². The van der Waals surface area contributed by atoms with Crippen molar-refractivity contribution < 1.29 is 17.6 Å². The molecule has 0 N–H and O–H groups in total. The summed E-state index contributed by atoms with van der Waals surface area (Å²) in [5.74, 6) is -0.451. The lowest BCUT2D eigenvalue weighted by atomic mass is 9.99. The molecule has 6 heteroatoms. The number of hydrogen-bond donors (Lipinski definition) is 0. The van der Waals surface area contributed by atoms with Crippen LogP contribution in [0.15, 0.2) is 41.4 Å². The van der Waals surface area contributed by atoms with Gasteiger partial charge in [0.1, 0.15) is 11.5 Å². The summed E-state index contributed by atoms with van der Waals surface area (Å²) in [5, 5.41) is 0. The zero-order valence-electron chi connectivity index (χ0n) is 14.4. The second-order valence-electron chi connectivity index (χ2n) is 5.92. The van der Waals surface area contributed by atoms with Gasteiger partial charge in [0.2, 0.25) is 0 Å². The number of benzene rings is 2. The predicted molar refractivity (Wildman–Crippen MR) is 91.8 cm³/mol. The highest BCUT2D eigenvalue weighted by molar-refractivity contribution is 5.62. The summed E-state index contributed by atoms with van der Waals surface area (Å²) < 4.78 is 52.0. The summed E-state index contributed by atoms with van der Waals surface area (Å²) >= 11 is 0. The van der Waals surface area contributed by atoms with Crippen LogP contribution >= 0.6 is 0 Å². The van der Waals surface area contributed by atoms with Gasteiger partial charge in [0.15, 0.2) is 0 Å². The van der Waals surface area contributed by atoms with E-state index >= 15 is 0 Å². The van der Waals surface area contributed by atoms with Crippen molar-refractivity contribution in [2.75, 3.05) is 13.6 Å². The van der Waals surface area contributed by atoms with E-state index in [2.05, 4.69) is 4.99 Å². The molecule has 25 heavy (non-hydrogen) atoms. The minimum Gasteiger partial charge on any atom is -0.366 e. The molecule has 134 valence electrons. The first kappa shape index (κ1) is 19.0. The van der Waals surface area contributed by atoms with E-state index in [0.29, 0.717) is 12.0 Å². The van der Waals surface area contributed by atoms with Crippen molar-refractivity contribution >= 4 is 12.0 Å². The van der Waals surface area contributed by atoms with Gasteiger partial charge in [0.25, 0.3) is 0 Å². The summed E-state index contributed by atoms with van der Waals surface area (Å²) in [5.41, 5.74) is 1.81. The monoisotopic (exact) mass is 352 g/mol. The third kappa shape index (κ3) is 5.05. The fourth-order valence-corrected chi connectivity index (χ4v) is 2.27. The van der Waals surface area contributed by atoms with E-state index in [1.165, 1.54) is 18.2 Å². The molecule has 2 rings (SSSR count). The van der Waals surface area contributed by atoms with Gasteiger partial charge in [0.05, 0.1) is 11.9 Å². The fraction of sp³-hybridized carbons (Fsp3) is 0.316. The molecule has 0 radical (unpaired) electrons. The van der Waals surface area contributed by atoms with Gasteiger partial charge in [-0.05, 0) is 61.2 Å². The van der Waals surface area contributed by atoms with Crippen molar-refractivity contribution in [3.8, 4) is 0 Å². The lowest BCUT2D eigenvalue weighted by Gasteiger charge is -2.11. The standard InChI is InChI=1S/C19H20F4N2/c1-4-25(3)12-24-18-9-13(2)15(11-17(18)20)10-14-5-7-16(8-6-14)19(21,22)23/h5-9,11-12H,4,10H2,1-3H3/b24-12+. The molecule has 0 saturated carbocycles. The lowest BCUT2D eigenvalue weighted by Crippen LogP contribution is -2.14. The zero-order valence-corrected chi connectivity index (χ0v) is 14.4. The molecule has 0 bridgehead atoms. The van der Waals surface area contributed by atoms with Crippen molar-refractivity contribution in [1.82, 2.24) is 4.90 Å². The van der Waals surface area contributed by atoms with Crippen molar-refractivity contribution in [3.05, 3.63) is 64.5 Å². The fourth-order valence-electron chi connectivity index (χ4n) is 2.27. The van der Waals surface area contributed by atoms with E-state index in [0.717, 1.165) is 29.8 Å². The molecule has 2 nitrogen and oxygen atoms in total. The van der Waals surface area contributed by atoms with Gasteiger partial charge in [-0.3, -0.25) is 0 Å². The third-order valence-electron chi connectivity index (χ3n) is 3.97. The molecule has 0 unspecified atom stereocenters. The van der Waals surface area contributed by atoms with E-state index in [1.54, 1.807) is 12.4 Å². The molecule has 0 aliphatic rings. The molecule has 0 amide bonds. The molecule has 0 heterocycles. The summed E-state index contributed by atoms with van der Waals surface area (Å²) in [7, 11) is 1.84. The van der Waals surface area contributed by atoms with Crippen molar-refractivity contribution in [2.24, 2.45) is 4.99 Å². The Morgan fingerprint density at radius 2 is 1.76 bits per heavy atom. The molecular weight excluding hydrogens is 332 g/mol. The van der Waals surface area contributed by atoms with Crippen LogP contribution in [0, 0.1) is 12.7 Å². The second-order valence-corrected chi connectivity index (χ2v) is 5.92. The molecule has 0 fully saturated rings. The first-order valence-electron chi connectivity index (χ1n) is 7.90. The van der Waals surface area contributed by atoms with Gasteiger partial charge in [-0.15, -0.1) is 0 Å². The zero-order chi connectivity index (χ0) is 18.6. The van der Waals surface area contributed by atoms with Crippen LogP contribution in [0.25, 0.3) is 0 Å². The Bertz CT molecular complexity index is 749. The maximum Gasteiger partial charge on any atom is 0.416 e. The van der Waals surface area contributed by atoms with Gasteiger partial charge in [-0.25, -0.2) is 9.38 Å². The molecule has 2 aromatic rings. The Labute approximate surface area is 144 Å². The first-order chi connectivity index (χ1) is 11.7. The van der Waals surface area contributed by atoms with E-state index in [4.69, 9.17) is 0 Å². The van der Waals surface area contributed by atoms with E-state index in [1.807, 2.05) is 25.8 Å². The van der Waals surface area contributed by atoms with Crippen molar-refractivity contribution in [1.29, 1.82) is 0 Å². The topological polar surface area (TPSA) is 15.6 Å². The van der Waals surface area contributed by atoms with Crippen LogP contribution in [0.2, 0.25) is 0 Å². The minimum absolute atomic E-state index is 0.244. The number of nitrogens with zero attached hydrogens (tertiary/aromatic N) is 2. The quantitative estimate of drug-likeness (QED) is 0.402. The highest BCUT2D eigenvalue weighted by Crippen LogP contribution is 2.30. The van der Waals surface area contributed by atoms with Crippen molar-refractivity contribution in [2.45, 2.75) is 26.4 Å². The Balaban J connectivity index is 2.20. The molecule has 0 aliphatic heterocycles. The highest BCUT2D eigenvalue weighted by atomic mass is 19.4. The molecule has 0 spiro atoms. The van der Waals surface area contributed by atoms with Crippen LogP contribution in [0.5, 0.6) is 0 Å². The van der Waals surface area contributed by atoms with E-state index < -0.39 is 17.6 Å². The third-order valence-corrected chi connectivity index (χ3v) is 3.97. The lowest BCUT2D eigenvalue weighted by molar-refractivity contribution is -0.137. The van der Waals surface area contributed by atoms with Crippen LogP contribution < -0.4 is 0 Å². The molecule has 0 aliphatic carbocycles. The predicted octanol–water partition coefficient (Wildman–Crippen LogP) is 5.36. The van der Waals surface area contributed by atoms with Crippen LogP contribution in [0.3, 0.4) is 0 Å². The van der Waals surface area contributed by atoms with Crippen LogP contribution in [0.1, 0.15) is 29.2 Å². The summed E-state index contributed by atoms with van der Waals surface area (Å²) in [6, 6.07) is 7.96. The summed E-state index contributed by atoms with van der Waals surface area (Å²) in [6.07, 6.45) is -2.43. The van der Waals surface area contributed by atoms with Gasteiger partial charge in [-0.1, -0.05) is 12.1 Å². The van der Waals surface area contributed by atoms with Gasteiger partial charge < -0.3 is 4.90 Å². The Hall–Kier alpha value is -2.37. The van der Waals surface area contributed by atoms with Gasteiger partial charge in [0, 0.05) is 13.6 Å². The van der Waals surface area contributed by atoms with Crippen LogP contribution in [-0.2, 0) is 12.6 Å². The van der Waals surface area contributed by atoms with Gasteiger partial charge in [-0.2, -0.15) is 13.2 Å². The number of aliphatic imine (C=N–C) groups is 1. The average Bonchev–Trinajstić information content (AvgIpc) is 2.56. The second kappa shape index (κ2) is 7.68. The number of halogens is 4. The molecule has 0 atom stereocenters. The molecule has 0 aromatic heterocycles. The number of hydrogen-bond acceptors (Lipinski definition) is 1. The Morgan fingerprint density at radius 3 is 2.32 bits per heavy atom. The number of rotatable bonds is 5. The number of aryl methyl sites for hydroxylation is 1. The normalized spacial score (nSPS) is 12.0. The number of alkyl halides is 3. The molecular formula is C19H20F4N2. The average molecular weight is 352 g/mol. The van der Waals surface area contributed by atoms with E-state index in [-0.39, 0.29) is 5.69 Å². The summed E-state index contributed by atoms with van der Waals surface area (Å²) in [6.45, 7) is 4.55. The Morgan fingerprint density at radius 1 is 1.12 bits per heavy atom.